The second-order valence-corrected chi connectivity index (χ2v) is 9.94. The van der Waals surface area contributed by atoms with Crippen molar-refractivity contribution in [2.45, 2.75) is 52.0 Å². The second-order valence-electron chi connectivity index (χ2n) is 9.94. The molecule has 3 rings (SSSR count). The molecule has 1 heterocycles. The molecule has 1 fully saturated rings. The van der Waals surface area contributed by atoms with Gasteiger partial charge in [0.05, 0.1) is 21.1 Å². The van der Waals surface area contributed by atoms with E-state index >= 15 is 0 Å². The van der Waals surface area contributed by atoms with Gasteiger partial charge in [-0.2, -0.15) is 0 Å². The Morgan fingerprint density at radius 3 is 1.92 bits per heavy atom. The maximum Gasteiger partial charge on any atom is 0.132 e. The number of nitrogens with zero attached hydrogens (tertiary/aromatic N) is 2. The highest BCUT2D eigenvalue weighted by molar-refractivity contribution is 5.67. The molecule has 2 aromatic carbocycles. The SMILES string of the molecule is Cc1cc([N+](C)(C)C)cc(C)c1N1CC(C)(c2ccccc2)CC1(C)C. The summed E-state index contributed by atoms with van der Waals surface area (Å²) in [6.45, 7) is 12.8. The number of quaternary nitrogens is 1. The Balaban J connectivity index is 2.05. The fraction of sp³-hybridized carbons (Fsp3) is 0.500. The zero-order valence-electron chi connectivity index (χ0n) is 17.9. The van der Waals surface area contributed by atoms with E-state index in [1.54, 1.807) is 0 Å². The van der Waals surface area contributed by atoms with Crippen LogP contribution in [-0.4, -0.2) is 33.2 Å². The zero-order chi connectivity index (χ0) is 19.3. The Morgan fingerprint density at radius 2 is 1.42 bits per heavy atom. The van der Waals surface area contributed by atoms with Gasteiger partial charge in [0.1, 0.15) is 5.69 Å². The quantitative estimate of drug-likeness (QED) is 0.665. The summed E-state index contributed by atoms with van der Waals surface area (Å²) in [6.07, 6.45) is 1.17. The minimum Gasteiger partial charge on any atom is -0.365 e. The van der Waals surface area contributed by atoms with Crippen molar-refractivity contribution in [3.05, 3.63) is 59.2 Å². The third-order valence-corrected chi connectivity index (χ3v) is 6.05. The Kier molecular flexibility index (Phi) is 4.47. The van der Waals surface area contributed by atoms with Gasteiger partial charge in [0.2, 0.25) is 0 Å². The molecule has 0 aromatic heterocycles. The second kappa shape index (κ2) is 6.13. The highest BCUT2D eigenvalue weighted by Crippen LogP contribution is 2.47. The third kappa shape index (κ3) is 3.27. The highest BCUT2D eigenvalue weighted by Gasteiger charge is 2.47. The largest absolute Gasteiger partial charge is 0.365 e. The Labute approximate surface area is 160 Å². The van der Waals surface area contributed by atoms with Crippen LogP contribution in [0, 0.1) is 13.8 Å². The fourth-order valence-corrected chi connectivity index (χ4v) is 4.83. The lowest BCUT2D eigenvalue weighted by Gasteiger charge is -2.36. The number of aryl methyl sites for hydroxylation is 2. The molecule has 1 unspecified atom stereocenters. The van der Waals surface area contributed by atoms with Crippen molar-refractivity contribution in [1.82, 2.24) is 4.48 Å². The lowest BCUT2D eigenvalue weighted by molar-refractivity contribution is 0.444. The van der Waals surface area contributed by atoms with Gasteiger partial charge in [-0.05, 0) is 50.8 Å². The molecular formula is C24H35N2+. The summed E-state index contributed by atoms with van der Waals surface area (Å²) in [5, 5.41) is 0. The molecule has 2 nitrogen and oxygen atoms in total. The number of anilines is 1. The van der Waals surface area contributed by atoms with Gasteiger partial charge in [0.15, 0.2) is 0 Å². The molecule has 1 aliphatic heterocycles. The van der Waals surface area contributed by atoms with E-state index in [1.165, 1.54) is 34.5 Å². The van der Waals surface area contributed by atoms with Crippen LogP contribution in [-0.2, 0) is 5.41 Å². The molecule has 0 spiro atoms. The summed E-state index contributed by atoms with van der Waals surface area (Å²) in [7, 11) is 6.71. The van der Waals surface area contributed by atoms with Crippen molar-refractivity contribution in [2.24, 2.45) is 0 Å². The van der Waals surface area contributed by atoms with E-state index in [-0.39, 0.29) is 11.0 Å². The van der Waals surface area contributed by atoms with Gasteiger partial charge >= 0.3 is 0 Å². The van der Waals surface area contributed by atoms with Gasteiger partial charge in [-0.1, -0.05) is 37.3 Å². The molecule has 140 valence electrons. The van der Waals surface area contributed by atoms with Crippen molar-refractivity contribution in [3.8, 4) is 0 Å². The number of benzene rings is 2. The maximum absolute atomic E-state index is 2.66. The Hall–Kier alpha value is -1.80. The van der Waals surface area contributed by atoms with Gasteiger partial charge in [0, 0.05) is 35.3 Å². The lowest BCUT2D eigenvalue weighted by atomic mass is 9.78. The van der Waals surface area contributed by atoms with Crippen LogP contribution in [0.25, 0.3) is 0 Å². The van der Waals surface area contributed by atoms with Gasteiger partial charge in [0.25, 0.3) is 0 Å². The number of hydrogen-bond donors (Lipinski definition) is 0. The monoisotopic (exact) mass is 351 g/mol. The maximum atomic E-state index is 2.66. The van der Waals surface area contributed by atoms with E-state index in [0.29, 0.717) is 0 Å². The summed E-state index contributed by atoms with van der Waals surface area (Å²) in [6, 6.07) is 15.8. The van der Waals surface area contributed by atoms with Gasteiger partial charge in [-0.15, -0.1) is 0 Å². The average molecular weight is 352 g/mol. The molecule has 0 radical (unpaired) electrons. The third-order valence-electron chi connectivity index (χ3n) is 6.05. The summed E-state index contributed by atoms with van der Waals surface area (Å²) >= 11 is 0. The van der Waals surface area contributed by atoms with Crippen molar-refractivity contribution in [2.75, 3.05) is 32.6 Å². The van der Waals surface area contributed by atoms with E-state index < -0.39 is 0 Å². The molecule has 0 saturated carbocycles. The summed E-state index contributed by atoms with van der Waals surface area (Å²) in [5.41, 5.74) is 7.34. The standard InChI is InChI=1S/C24H35N2/c1-18-14-21(26(6,7)8)15-19(2)22(18)25-17-24(5,16-23(25,3)4)20-12-10-9-11-13-20/h9-15H,16-17H2,1-8H3/q+1. The van der Waals surface area contributed by atoms with Crippen molar-refractivity contribution < 1.29 is 0 Å². The van der Waals surface area contributed by atoms with Gasteiger partial charge in [-0.3, -0.25) is 4.48 Å². The minimum absolute atomic E-state index is 0.137. The first-order valence-corrected chi connectivity index (χ1v) is 9.70. The van der Waals surface area contributed by atoms with Crippen LogP contribution in [0.5, 0.6) is 0 Å². The molecule has 26 heavy (non-hydrogen) atoms. The molecule has 1 aliphatic rings. The van der Waals surface area contributed by atoms with Crippen LogP contribution in [0.15, 0.2) is 42.5 Å². The van der Waals surface area contributed by atoms with Crippen LogP contribution in [0.4, 0.5) is 11.4 Å². The van der Waals surface area contributed by atoms with Crippen LogP contribution < -0.4 is 9.38 Å². The molecule has 1 saturated heterocycles. The van der Waals surface area contributed by atoms with Crippen molar-refractivity contribution >= 4 is 11.4 Å². The molecule has 0 bridgehead atoms. The van der Waals surface area contributed by atoms with E-state index in [0.717, 1.165) is 11.0 Å². The van der Waals surface area contributed by atoms with Crippen molar-refractivity contribution in [3.63, 3.8) is 0 Å². The normalized spacial score (nSPS) is 22.7. The Bertz CT molecular complexity index is 776. The first kappa shape index (κ1) is 19.0. The van der Waals surface area contributed by atoms with E-state index in [1.807, 2.05) is 0 Å². The smallest absolute Gasteiger partial charge is 0.132 e. The molecular weight excluding hydrogens is 316 g/mol. The van der Waals surface area contributed by atoms with Crippen molar-refractivity contribution in [1.29, 1.82) is 0 Å². The van der Waals surface area contributed by atoms with Crippen LogP contribution in [0.2, 0.25) is 0 Å². The number of hydrogen-bond acceptors (Lipinski definition) is 1. The van der Waals surface area contributed by atoms with Gasteiger partial charge in [-0.25, -0.2) is 0 Å². The van der Waals surface area contributed by atoms with E-state index in [4.69, 9.17) is 0 Å². The first-order chi connectivity index (χ1) is 11.9. The average Bonchev–Trinajstić information content (AvgIpc) is 2.77. The molecule has 1 atom stereocenters. The topological polar surface area (TPSA) is 3.24 Å². The summed E-state index contributed by atoms with van der Waals surface area (Å²) in [5.74, 6) is 0. The molecule has 0 N–H and O–H groups in total. The fourth-order valence-electron chi connectivity index (χ4n) is 4.83. The van der Waals surface area contributed by atoms with Crippen LogP contribution in [0.1, 0.15) is 43.9 Å². The summed E-state index contributed by atoms with van der Waals surface area (Å²) < 4.78 is 0.854. The van der Waals surface area contributed by atoms with Crippen LogP contribution in [0.3, 0.4) is 0 Å². The van der Waals surface area contributed by atoms with Crippen LogP contribution >= 0.6 is 0 Å². The number of rotatable bonds is 3. The first-order valence-electron chi connectivity index (χ1n) is 9.70. The highest BCUT2D eigenvalue weighted by atomic mass is 15.3. The minimum atomic E-state index is 0.137. The predicted octanol–water partition coefficient (Wildman–Crippen LogP) is 5.45. The Morgan fingerprint density at radius 1 is 0.885 bits per heavy atom. The van der Waals surface area contributed by atoms with Gasteiger partial charge < -0.3 is 4.90 Å². The summed E-state index contributed by atoms with van der Waals surface area (Å²) in [4.78, 5) is 2.66. The molecule has 2 aromatic rings. The molecule has 0 amide bonds. The lowest BCUT2D eigenvalue weighted by Crippen LogP contribution is -2.40. The molecule has 2 heteroatoms. The zero-order valence-corrected chi connectivity index (χ0v) is 17.9. The van der Waals surface area contributed by atoms with E-state index in [9.17, 15) is 0 Å². The molecule has 0 aliphatic carbocycles. The predicted molar refractivity (Wildman–Crippen MR) is 115 cm³/mol. The van der Waals surface area contributed by atoms with E-state index in [2.05, 4.69) is 103 Å².